The van der Waals surface area contributed by atoms with Crippen LogP contribution in [0.3, 0.4) is 0 Å². The molecule has 0 spiro atoms. The zero-order valence-corrected chi connectivity index (χ0v) is 6.57. The lowest BCUT2D eigenvalue weighted by atomic mass is 10.3. The van der Waals surface area contributed by atoms with Crippen molar-refractivity contribution in [1.82, 2.24) is 9.97 Å². The van der Waals surface area contributed by atoms with Gasteiger partial charge in [0.2, 0.25) is 0 Å². The molecule has 0 bridgehead atoms. The van der Waals surface area contributed by atoms with Gasteiger partial charge >= 0.3 is 0 Å². The van der Waals surface area contributed by atoms with E-state index in [1.54, 1.807) is 0 Å². The van der Waals surface area contributed by atoms with Gasteiger partial charge in [-0.1, -0.05) is 0 Å². The van der Waals surface area contributed by atoms with E-state index < -0.39 is 11.9 Å². The Labute approximate surface area is 69.0 Å². The monoisotopic (exact) mass is 172 g/mol. The van der Waals surface area contributed by atoms with Crippen molar-refractivity contribution in [2.24, 2.45) is 0 Å². The molecular weight excluding hydrogens is 163 g/mol. The van der Waals surface area contributed by atoms with E-state index in [4.69, 9.17) is 9.84 Å². The van der Waals surface area contributed by atoms with Crippen molar-refractivity contribution >= 4 is 0 Å². The Kier molecular flexibility index (Phi) is 3.07. The molecule has 66 valence electrons. The summed E-state index contributed by atoms with van der Waals surface area (Å²) in [5.74, 6) is -0.229. The number of hydrogen-bond donors (Lipinski definition) is 1. The molecule has 1 rings (SSSR count). The lowest BCUT2D eigenvalue weighted by Gasteiger charge is -2.09. The summed E-state index contributed by atoms with van der Waals surface area (Å²) in [5, 5.41) is 8.75. The van der Waals surface area contributed by atoms with E-state index in [9.17, 15) is 4.39 Å². The summed E-state index contributed by atoms with van der Waals surface area (Å²) in [5.41, 5.74) is 0. The van der Waals surface area contributed by atoms with Crippen molar-refractivity contribution in [2.75, 3.05) is 13.7 Å². The molecule has 0 aliphatic carbocycles. The Morgan fingerprint density at radius 2 is 2.17 bits per heavy atom. The van der Waals surface area contributed by atoms with Gasteiger partial charge in [-0.2, -0.15) is 0 Å². The van der Waals surface area contributed by atoms with Gasteiger partial charge < -0.3 is 9.84 Å². The van der Waals surface area contributed by atoms with Gasteiger partial charge in [0.1, 0.15) is 6.10 Å². The quantitative estimate of drug-likeness (QED) is 0.712. The van der Waals surface area contributed by atoms with Crippen LogP contribution in [-0.2, 0) is 4.74 Å². The van der Waals surface area contributed by atoms with Gasteiger partial charge in [0.05, 0.1) is 19.0 Å². The Hall–Kier alpha value is -1.07. The van der Waals surface area contributed by atoms with E-state index >= 15 is 0 Å². The minimum Gasteiger partial charge on any atom is -0.393 e. The smallest absolute Gasteiger partial charge is 0.159 e. The third-order valence-electron chi connectivity index (χ3n) is 1.38. The zero-order valence-electron chi connectivity index (χ0n) is 6.57. The number of aromatic nitrogens is 2. The minimum atomic E-state index is -0.578. The number of aliphatic hydroxyl groups is 1. The fourth-order valence-corrected chi connectivity index (χ4v) is 0.750. The Bertz CT molecular complexity index is 236. The highest BCUT2D eigenvalue weighted by molar-refractivity contribution is 4.94. The average Bonchev–Trinajstić information content (AvgIpc) is 2.10. The van der Waals surface area contributed by atoms with Crippen LogP contribution < -0.4 is 0 Å². The molecule has 0 aromatic carbocycles. The van der Waals surface area contributed by atoms with Gasteiger partial charge in [0, 0.05) is 7.11 Å². The third-order valence-corrected chi connectivity index (χ3v) is 1.38. The third kappa shape index (κ3) is 1.96. The van der Waals surface area contributed by atoms with Gasteiger partial charge in [-0.15, -0.1) is 0 Å². The van der Waals surface area contributed by atoms with Crippen LogP contribution >= 0.6 is 0 Å². The molecule has 12 heavy (non-hydrogen) atoms. The topological polar surface area (TPSA) is 55.2 Å². The molecule has 5 heteroatoms. The summed E-state index contributed by atoms with van der Waals surface area (Å²) in [6, 6.07) is 0. The Morgan fingerprint density at radius 1 is 1.58 bits per heavy atom. The molecule has 1 aromatic heterocycles. The minimum absolute atomic E-state index is 0.220. The maximum absolute atomic E-state index is 12.3. The predicted molar refractivity (Wildman–Crippen MR) is 38.8 cm³/mol. The first-order chi connectivity index (χ1) is 5.77. The zero-order chi connectivity index (χ0) is 8.97. The van der Waals surface area contributed by atoms with Crippen LogP contribution in [0.1, 0.15) is 11.9 Å². The Balaban J connectivity index is 2.80. The highest BCUT2D eigenvalue weighted by Crippen LogP contribution is 2.09. The number of ether oxygens (including phenoxy) is 1. The average molecular weight is 172 g/mol. The van der Waals surface area contributed by atoms with Crippen molar-refractivity contribution in [3.8, 4) is 0 Å². The molecule has 0 fully saturated rings. The van der Waals surface area contributed by atoms with E-state index in [1.165, 1.54) is 7.11 Å². The van der Waals surface area contributed by atoms with E-state index in [2.05, 4.69) is 9.97 Å². The summed E-state index contributed by atoms with van der Waals surface area (Å²) in [6.07, 6.45) is 1.49. The van der Waals surface area contributed by atoms with Crippen LogP contribution in [0.25, 0.3) is 0 Å². The molecule has 1 unspecified atom stereocenters. The highest BCUT2D eigenvalue weighted by atomic mass is 19.1. The van der Waals surface area contributed by atoms with Gasteiger partial charge in [-0.3, -0.25) is 0 Å². The summed E-state index contributed by atoms with van der Waals surface area (Å²) >= 11 is 0. The standard InChI is InChI=1S/C7H9FN2O2/c1-12-6(4-11)7-9-2-5(8)3-10-7/h2-3,6,11H,4H2,1H3. The summed E-state index contributed by atoms with van der Waals surface area (Å²) in [4.78, 5) is 7.30. The van der Waals surface area contributed by atoms with Gasteiger partial charge in [0.15, 0.2) is 11.6 Å². The molecule has 0 aliphatic heterocycles. The first-order valence-corrected chi connectivity index (χ1v) is 3.39. The van der Waals surface area contributed by atoms with E-state index in [0.29, 0.717) is 0 Å². The van der Waals surface area contributed by atoms with Crippen molar-refractivity contribution in [3.05, 3.63) is 24.0 Å². The molecule has 1 N–H and O–H groups in total. The second-order valence-corrected chi connectivity index (χ2v) is 2.17. The number of rotatable bonds is 3. The molecule has 0 saturated carbocycles. The lowest BCUT2D eigenvalue weighted by molar-refractivity contribution is 0.0421. The molecule has 0 amide bonds. The number of aliphatic hydroxyl groups excluding tert-OH is 1. The molecule has 4 nitrogen and oxygen atoms in total. The Morgan fingerprint density at radius 3 is 2.58 bits per heavy atom. The summed E-state index contributed by atoms with van der Waals surface area (Å²) in [7, 11) is 1.42. The maximum Gasteiger partial charge on any atom is 0.159 e. The van der Waals surface area contributed by atoms with Crippen molar-refractivity contribution in [2.45, 2.75) is 6.10 Å². The van der Waals surface area contributed by atoms with Crippen LogP contribution in [0.5, 0.6) is 0 Å². The fourth-order valence-electron chi connectivity index (χ4n) is 0.750. The molecule has 0 radical (unpaired) electrons. The summed E-state index contributed by atoms with van der Waals surface area (Å²) < 4.78 is 17.2. The van der Waals surface area contributed by atoms with E-state index in [-0.39, 0.29) is 12.4 Å². The number of methoxy groups -OCH3 is 1. The second kappa shape index (κ2) is 4.08. The fraction of sp³-hybridized carbons (Fsp3) is 0.429. The van der Waals surface area contributed by atoms with Crippen LogP contribution in [0.15, 0.2) is 12.4 Å². The van der Waals surface area contributed by atoms with Gasteiger partial charge in [-0.05, 0) is 0 Å². The SMILES string of the molecule is COC(CO)c1ncc(F)cn1. The van der Waals surface area contributed by atoms with Gasteiger partial charge in [0.25, 0.3) is 0 Å². The number of hydrogen-bond acceptors (Lipinski definition) is 4. The van der Waals surface area contributed by atoms with Crippen molar-refractivity contribution in [3.63, 3.8) is 0 Å². The second-order valence-electron chi connectivity index (χ2n) is 2.17. The van der Waals surface area contributed by atoms with Crippen molar-refractivity contribution in [1.29, 1.82) is 0 Å². The van der Waals surface area contributed by atoms with E-state index in [1.807, 2.05) is 0 Å². The van der Waals surface area contributed by atoms with Crippen molar-refractivity contribution < 1.29 is 14.2 Å². The first-order valence-electron chi connectivity index (χ1n) is 3.39. The molecular formula is C7H9FN2O2. The largest absolute Gasteiger partial charge is 0.393 e. The molecule has 0 saturated heterocycles. The van der Waals surface area contributed by atoms with Crippen LogP contribution in [0.2, 0.25) is 0 Å². The number of nitrogens with zero attached hydrogens (tertiary/aromatic N) is 2. The molecule has 0 aliphatic rings. The lowest BCUT2D eigenvalue weighted by Crippen LogP contribution is -2.10. The number of halogens is 1. The summed E-state index contributed by atoms with van der Waals surface area (Å²) in [6.45, 7) is -0.220. The maximum atomic E-state index is 12.3. The molecule has 1 aromatic rings. The first kappa shape index (κ1) is 9.02. The normalized spacial score (nSPS) is 12.9. The van der Waals surface area contributed by atoms with Gasteiger partial charge in [-0.25, -0.2) is 14.4 Å². The highest BCUT2D eigenvalue weighted by Gasteiger charge is 2.11. The van der Waals surface area contributed by atoms with Crippen LogP contribution in [-0.4, -0.2) is 28.8 Å². The molecule has 1 heterocycles. The van der Waals surface area contributed by atoms with Crippen LogP contribution in [0, 0.1) is 5.82 Å². The predicted octanol–water partition coefficient (Wildman–Crippen LogP) is 0.296. The van der Waals surface area contributed by atoms with Crippen LogP contribution in [0.4, 0.5) is 4.39 Å². The van der Waals surface area contributed by atoms with E-state index in [0.717, 1.165) is 12.4 Å². The molecule has 1 atom stereocenters.